The van der Waals surface area contributed by atoms with E-state index in [1.807, 2.05) is 0 Å². The minimum absolute atomic E-state index is 0.0768. The molecule has 13 heavy (non-hydrogen) atoms. The van der Waals surface area contributed by atoms with Crippen molar-refractivity contribution in [3.63, 3.8) is 0 Å². The van der Waals surface area contributed by atoms with Crippen LogP contribution in [-0.4, -0.2) is 31.3 Å². The van der Waals surface area contributed by atoms with Gasteiger partial charge in [0.2, 0.25) is 5.91 Å². The molecule has 0 bridgehead atoms. The Labute approximate surface area is 75.9 Å². The first-order chi connectivity index (χ1) is 6.10. The van der Waals surface area contributed by atoms with E-state index in [2.05, 4.69) is 10.6 Å². The molecule has 0 rings (SSSR count). The average Bonchev–Trinajstić information content (AvgIpc) is 2.11. The Morgan fingerprint density at radius 2 is 2.15 bits per heavy atom. The largest absolute Gasteiger partial charge is 0.370 e. The summed E-state index contributed by atoms with van der Waals surface area (Å²) in [7, 11) is 1.44. The second kappa shape index (κ2) is 5.99. The topological polar surface area (TPSA) is 101 Å². The van der Waals surface area contributed by atoms with Crippen LogP contribution in [0.1, 0.15) is 12.8 Å². The third-order valence-corrected chi connectivity index (χ3v) is 1.41. The molecule has 1 atom stereocenters. The van der Waals surface area contributed by atoms with Crippen molar-refractivity contribution in [2.75, 3.05) is 7.05 Å². The standard InChI is InChI=1S/C7H13N3O3/c1-9-7(13)10-5(4-11)2-3-6(8)12/h4-5H,2-3H2,1H3,(H2,8,12)(H2,9,10,13)/t5-/m0/s1. The number of nitrogens with one attached hydrogen (secondary N) is 2. The van der Waals surface area contributed by atoms with Gasteiger partial charge in [-0.15, -0.1) is 0 Å². The van der Waals surface area contributed by atoms with Gasteiger partial charge in [-0.05, 0) is 6.42 Å². The van der Waals surface area contributed by atoms with Crippen molar-refractivity contribution < 1.29 is 14.4 Å². The van der Waals surface area contributed by atoms with Crippen molar-refractivity contribution >= 4 is 18.2 Å². The lowest BCUT2D eigenvalue weighted by molar-refractivity contribution is -0.118. The van der Waals surface area contributed by atoms with Crippen LogP contribution in [0.5, 0.6) is 0 Å². The number of urea groups is 1. The first kappa shape index (κ1) is 11.4. The van der Waals surface area contributed by atoms with Crippen molar-refractivity contribution in [2.24, 2.45) is 5.73 Å². The van der Waals surface area contributed by atoms with Crippen molar-refractivity contribution in [2.45, 2.75) is 18.9 Å². The van der Waals surface area contributed by atoms with E-state index < -0.39 is 18.0 Å². The number of hydrogen-bond acceptors (Lipinski definition) is 3. The maximum atomic E-state index is 10.7. The quantitative estimate of drug-likeness (QED) is 0.468. The fourth-order valence-corrected chi connectivity index (χ4v) is 0.713. The smallest absolute Gasteiger partial charge is 0.315 e. The highest BCUT2D eigenvalue weighted by molar-refractivity contribution is 5.78. The van der Waals surface area contributed by atoms with Crippen LogP contribution < -0.4 is 16.4 Å². The molecule has 0 saturated heterocycles. The Morgan fingerprint density at radius 3 is 2.54 bits per heavy atom. The molecular formula is C7H13N3O3. The van der Waals surface area contributed by atoms with E-state index in [-0.39, 0.29) is 12.8 Å². The summed E-state index contributed by atoms with van der Waals surface area (Å²) in [5.74, 6) is -0.495. The summed E-state index contributed by atoms with van der Waals surface area (Å²) in [4.78, 5) is 31.5. The summed E-state index contributed by atoms with van der Waals surface area (Å²) in [6, 6.07) is -1.12. The number of carbonyl (C=O) groups excluding carboxylic acids is 3. The molecule has 6 nitrogen and oxygen atoms in total. The number of amides is 3. The minimum Gasteiger partial charge on any atom is -0.370 e. The minimum atomic E-state index is -0.660. The molecule has 6 heteroatoms. The van der Waals surface area contributed by atoms with E-state index in [0.29, 0.717) is 6.29 Å². The molecule has 0 aliphatic heterocycles. The summed E-state index contributed by atoms with van der Waals surface area (Å²) in [6.45, 7) is 0. The van der Waals surface area contributed by atoms with Gasteiger partial charge in [0.15, 0.2) is 0 Å². The molecule has 0 radical (unpaired) electrons. The number of carbonyl (C=O) groups is 3. The van der Waals surface area contributed by atoms with Crippen molar-refractivity contribution in [1.29, 1.82) is 0 Å². The van der Waals surface area contributed by atoms with Crippen LogP contribution >= 0.6 is 0 Å². The van der Waals surface area contributed by atoms with Crippen LogP contribution in [0.25, 0.3) is 0 Å². The van der Waals surface area contributed by atoms with Gasteiger partial charge in [0, 0.05) is 13.5 Å². The van der Waals surface area contributed by atoms with Gasteiger partial charge in [-0.1, -0.05) is 0 Å². The van der Waals surface area contributed by atoms with Crippen molar-refractivity contribution in [3.8, 4) is 0 Å². The van der Waals surface area contributed by atoms with Gasteiger partial charge in [-0.25, -0.2) is 4.79 Å². The zero-order valence-electron chi connectivity index (χ0n) is 7.37. The van der Waals surface area contributed by atoms with Crippen LogP contribution in [0, 0.1) is 0 Å². The van der Waals surface area contributed by atoms with Crippen LogP contribution in [0.15, 0.2) is 0 Å². The summed E-state index contributed by atoms with van der Waals surface area (Å²) in [5, 5.41) is 4.64. The molecule has 0 aromatic heterocycles. The zero-order valence-corrected chi connectivity index (χ0v) is 7.37. The Kier molecular flexibility index (Phi) is 5.25. The highest BCUT2D eigenvalue weighted by atomic mass is 16.2. The Morgan fingerprint density at radius 1 is 1.54 bits per heavy atom. The second-order valence-corrected chi connectivity index (χ2v) is 2.47. The fraction of sp³-hybridized carbons (Fsp3) is 0.571. The second-order valence-electron chi connectivity index (χ2n) is 2.47. The molecule has 0 aliphatic carbocycles. The predicted molar refractivity (Wildman–Crippen MR) is 45.9 cm³/mol. The van der Waals surface area contributed by atoms with E-state index in [9.17, 15) is 14.4 Å². The van der Waals surface area contributed by atoms with Crippen LogP contribution in [-0.2, 0) is 9.59 Å². The van der Waals surface area contributed by atoms with E-state index in [4.69, 9.17) is 5.73 Å². The highest BCUT2D eigenvalue weighted by Gasteiger charge is 2.10. The average molecular weight is 187 g/mol. The summed E-state index contributed by atoms with van der Waals surface area (Å²) in [5.41, 5.74) is 4.88. The number of nitrogens with two attached hydrogens (primary N) is 1. The van der Waals surface area contributed by atoms with Gasteiger partial charge in [-0.2, -0.15) is 0 Å². The monoisotopic (exact) mass is 187 g/mol. The molecule has 74 valence electrons. The Balaban J connectivity index is 3.82. The number of aldehydes is 1. The van der Waals surface area contributed by atoms with Gasteiger partial charge >= 0.3 is 6.03 Å². The SMILES string of the molecule is CNC(=O)N[C@H](C=O)CCC(N)=O. The van der Waals surface area contributed by atoms with Crippen molar-refractivity contribution in [1.82, 2.24) is 10.6 Å². The molecule has 0 heterocycles. The Bertz CT molecular complexity index is 205. The molecule has 0 unspecified atom stereocenters. The number of rotatable bonds is 5. The summed E-state index contributed by atoms with van der Waals surface area (Å²) < 4.78 is 0. The van der Waals surface area contributed by atoms with Gasteiger partial charge < -0.3 is 21.2 Å². The Hall–Kier alpha value is -1.59. The van der Waals surface area contributed by atoms with Gasteiger partial charge in [0.1, 0.15) is 6.29 Å². The maximum Gasteiger partial charge on any atom is 0.315 e. The van der Waals surface area contributed by atoms with Gasteiger partial charge in [0.05, 0.1) is 6.04 Å². The zero-order chi connectivity index (χ0) is 10.3. The highest BCUT2D eigenvalue weighted by Crippen LogP contribution is 1.93. The lowest BCUT2D eigenvalue weighted by atomic mass is 10.2. The lowest BCUT2D eigenvalue weighted by Gasteiger charge is -2.10. The van der Waals surface area contributed by atoms with Crippen molar-refractivity contribution in [3.05, 3.63) is 0 Å². The van der Waals surface area contributed by atoms with Crippen LogP contribution in [0.2, 0.25) is 0 Å². The third-order valence-electron chi connectivity index (χ3n) is 1.41. The first-order valence-corrected chi connectivity index (χ1v) is 3.82. The van der Waals surface area contributed by atoms with E-state index >= 15 is 0 Å². The summed E-state index contributed by atoms with van der Waals surface area (Å²) in [6.07, 6.45) is 0.873. The molecule has 0 aromatic rings. The molecule has 0 spiro atoms. The molecular weight excluding hydrogens is 174 g/mol. The van der Waals surface area contributed by atoms with Gasteiger partial charge in [-0.3, -0.25) is 4.79 Å². The van der Waals surface area contributed by atoms with E-state index in [0.717, 1.165) is 0 Å². The molecule has 3 amide bonds. The predicted octanol–water partition coefficient (Wildman–Crippen LogP) is -1.25. The molecule has 4 N–H and O–H groups in total. The summed E-state index contributed by atoms with van der Waals surface area (Å²) >= 11 is 0. The lowest BCUT2D eigenvalue weighted by Crippen LogP contribution is -2.41. The first-order valence-electron chi connectivity index (χ1n) is 3.82. The molecule has 0 fully saturated rings. The molecule has 0 saturated carbocycles. The maximum absolute atomic E-state index is 10.7. The fourth-order valence-electron chi connectivity index (χ4n) is 0.713. The van der Waals surface area contributed by atoms with Gasteiger partial charge in [0.25, 0.3) is 0 Å². The number of hydrogen-bond donors (Lipinski definition) is 3. The van der Waals surface area contributed by atoms with E-state index in [1.54, 1.807) is 0 Å². The number of primary amides is 1. The normalized spacial score (nSPS) is 11.5. The molecule has 0 aromatic carbocycles. The van der Waals surface area contributed by atoms with Crippen LogP contribution in [0.4, 0.5) is 4.79 Å². The van der Waals surface area contributed by atoms with E-state index in [1.165, 1.54) is 7.05 Å². The molecule has 0 aliphatic rings. The third kappa shape index (κ3) is 5.66. The van der Waals surface area contributed by atoms with Crippen LogP contribution in [0.3, 0.4) is 0 Å².